The molecular formula is C12H13NO2. The first kappa shape index (κ1) is 9.77. The molecule has 0 unspecified atom stereocenters. The Kier molecular flexibility index (Phi) is 2.23. The molecule has 0 atom stereocenters. The molecule has 78 valence electrons. The highest BCUT2D eigenvalue weighted by Gasteiger charge is 2.14. The van der Waals surface area contributed by atoms with E-state index in [1.165, 1.54) is 0 Å². The topological polar surface area (TPSA) is 42.2 Å². The van der Waals surface area contributed by atoms with E-state index in [1.54, 1.807) is 12.1 Å². The molecule has 3 heteroatoms. The van der Waals surface area contributed by atoms with Crippen molar-refractivity contribution in [2.45, 2.75) is 20.4 Å². The summed E-state index contributed by atoms with van der Waals surface area (Å²) in [6.45, 7) is 4.71. The van der Waals surface area contributed by atoms with Crippen molar-refractivity contribution in [2.75, 3.05) is 0 Å². The standard InChI is InChI=1S/C12H13NO2/c1-3-13-8(2)9(7-14)12-10(13)5-4-6-11(12)15/h4-7,15H,3H2,1-2H3. The Morgan fingerprint density at radius 3 is 2.80 bits per heavy atom. The molecule has 0 bridgehead atoms. The first-order valence-electron chi connectivity index (χ1n) is 4.96. The molecule has 15 heavy (non-hydrogen) atoms. The van der Waals surface area contributed by atoms with Crippen LogP contribution in [0.2, 0.25) is 0 Å². The third-order valence-electron chi connectivity index (χ3n) is 2.81. The summed E-state index contributed by atoms with van der Waals surface area (Å²) in [5.74, 6) is 0.171. The number of carbonyl (C=O) groups is 1. The number of aryl methyl sites for hydroxylation is 1. The summed E-state index contributed by atoms with van der Waals surface area (Å²) >= 11 is 0. The number of fused-ring (bicyclic) bond motifs is 1. The second-order valence-electron chi connectivity index (χ2n) is 3.53. The fraction of sp³-hybridized carbons (Fsp3) is 0.250. The lowest BCUT2D eigenvalue weighted by Gasteiger charge is -2.03. The lowest BCUT2D eigenvalue weighted by Crippen LogP contribution is -1.96. The van der Waals surface area contributed by atoms with Crippen LogP contribution in [0.15, 0.2) is 18.2 Å². The number of phenolic OH excluding ortho intramolecular Hbond substituents is 1. The van der Waals surface area contributed by atoms with Gasteiger partial charge in [0.1, 0.15) is 5.75 Å². The minimum atomic E-state index is 0.171. The maximum absolute atomic E-state index is 11.0. The van der Waals surface area contributed by atoms with Crippen LogP contribution in [-0.2, 0) is 6.54 Å². The van der Waals surface area contributed by atoms with Gasteiger partial charge in [-0.3, -0.25) is 4.79 Å². The molecule has 0 saturated carbocycles. The van der Waals surface area contributed by atoms with Gasteiger partial charge in [0.05, 0.1) is 10.9 Å². The molecule has 3 nitrogen and oxygen atoms in total. The van der Waals surface area contributed by atoms with Gasteiger partial charge in [0.15, 0.2) is 6.29 Å². The van der Waals surface area contributed by atoms with Crippen molar-refractivity contribution in [3.05, 3.63) is 29.5 Å². The molecule has 1 aromatic carbocycles. The predicted molar refractivity (Wildman–Crippen MR) is 59.4 cm³/mol. The summed E-state index contributed by atoms with van der Waals surface area (Å²) in [7, 11) is 0. The Morgan fingerprint density at radius 2 is 2.20 bits per heavy atom. The van der Waals surface area contributed by atoms with Gasteiger partial charge < -0.3 is 9.67 Å². The minimum Gasteiger partial charge on any atom is -0.507 e. The SMILES string of the molecule is CCn1c(C)c(C=O)c2c(O)cccc21. The van der Waals surface area contributed by atoms with E-state index in [0.717, 1.165) is 24.0 Å². The summed E-state index contributed by atoms with van der Waals surface area (Å²) in [4.78, 5) is 11.0. The maximum atomic E-state index is 11.0. The second-order valence-corrected chi connectivity index (χ2v) is 3.53. The number of aldehydes is 1. The maximum Gasteiger partial charge on any atom is 0.152 e. The summed E-state index contributed by atoms with van der Waals surface area (Å²) in [6, 6.07) is 5.31. The van der Waals surface area contributed by atoms with E-state index < -0.39 is 0 Å². The highest BCUT2D eigenvalue weighted by molar-refractivity contribution is 6.02. The van der Waals surface area contributed by atoms with Gasteiger partial charge in [0.25, 0.3) is 0 Å². The molecule has 0 fully saturated rings. The van der Waals surface area contributed by atoms with Gasteiger partial charge in [0, 0.05) is 17.8 Å². The number of aromatic nitrogens is 1. The van der Waals surface area contributed by atoms with Gasteiger partial charge in [-0.2, -0.15) is 0 Å². The predicted octanol–water partition coefficient (Wildman–Crippen LogP) is 2.49. The lowest BCUT2D eigenvalue weighted by molar-refractivity contribution is 0.112. The fourth-order valence-corrected chi connectivity index (χ4v) is 2.09. The van der Waals surface area contributed by atoms with Crippen LogP contribution in [0.25, 0.3) is 10.9 Å². The molecule has 0 radical (unpaired) electrons. The zero-order valence-corrected chi connectivity index (χ0v) is 8.82. The number of hydrogen-bond donors (Lipinski definition) is 1. The highest BCUT2D eigenvalue weighted by Crippen LogP contribution is 2.31. The van der Waals surface area contributed by atoms with Gasteiger partial charge in [0.2, 0.25) is 0 Å². The number of hydrogen-bond acceptors (Lipinski definition) is 2. The van der Waals surface area contributed by atoms with E-state index in [-0.39, 0.29) is 5.75 Å². The van der Waals surface area contributed by atoms with Crippen molar-refractivity contribution in [3.8, 4) is 5.75 Å². The normalized spacial score (nSPS) is 10.8. The molecule has 2 aromatic rings. The van der Waals surface area contributed by atoms with Crippen molar-refractivity contribution in [2.24, 2.45) is 0 Å². The number of benzene rings is 1. The van der Waals surface area contributed by atoms with E-state index in [0.29, 0.717) is 10.9 Å². The first-order valence-corrected chi connectivity index (χ1v) is 4.96. The van der Waals surface area contributed by atoms with Gasteiger partial charge in [-0.25, -0.2) is 0 Å². The summed E-state index contributed by atoms with van der Waals surface area (Å²) in [5, 5.41) is 10.4. The Labute approximate surface area is 87.9 Å². The van der Waals surface area contributed by atoms with Crippen LogP contribution in [-0.4, -0.2) is 16.0 Å². The number of carbonyl (C=O) groups excluding carboxylic acids is 1. The van der Waals surface area contributed by atoms with Crippen molar-refractivity contribution < 1.29 is 9.90 Å². The van der Waals surface area contributed by atoms with Crippen LogP contribution in [0, 0.1) is 6.92 Å². The molecule has 2 rings (SSSR count). The van der Waals surface area contributed by atoms with E-state index in [1.807, 2.05) is 24.5 Å². The number of aromatic hydroxyl groups is 1. The third-order valence-corrected chi connectivity index (χ3v) is 2.81. The number of rotatable bonds is 2. The second kappa shape index (κ2) is 3.42. The van der Waals surface area contributed by atoms with Crippen LogP contribution >= 0.6 is 0 Å². The van der Waals surface area contributed by atoms with Crippen LogP contribution in [0.5, 0.6) is 5.75 Å². The molecule has 0 spiro atoms. The van der Waals surface area contributed by atoms with Crippen molar-refractivity contribution in [3.63, 3.8) is 0 Å². The zero-order chi connectivity index (χ0) is 11.0. The molecule has 1 N–H and O–H groups in total. The van der Waals surface area contributed by atoms with Crippen molar-refractivity contribution >= 4 is 17.2 Å². The van der Waals surface area contributed by atoms with Crippen LogP contribution < -0.4 is 0 Å². The van der Waals surface area contributed by atoms with Crippen molar-refractivity contribution in [1.82, 2.24) is 4.57 Å². The summed E-state index contributed by atoms with van der Waals surface area (Å²) in [5.41, 5.74) is 2.41. The van der Waals surface area contributed by atoms with E-state index in [2.05, 4.69) is 0 Å². The molecule has 1 heterocycles. The van der Waals surface area contributed by atoms with Crippen molar-refractivity contribution in [1.29, 1.82) is 0 Å². The van der Waals surface area contributed by atoms with E-state index >= 15 is 0 Å². The molecule has 0 amide bonds. The Balaban J connectivity index is 2.98. The Hall–Kier alpha value is -1.77. The quantitative estimate of drug-likeness (QED) is 0.762. The van der Waals surface area contributed by atoms with Gasteiger partial charge in [-0.1, -0.05) is 6.07 Å². The molecule has 0 aliphatic rings. The van der Waals surface area contributed by atoms with Crippen LogP contribution in [0.4, 0.5) is 0 Å². The molecule has 0 saturated heterocycles. The van der Waals surface area contributed by atoms with Crippen LogP contribution in [0.1, 0.15) is 23.0 Å². The van der Waals surface area contributed by atoms with Gasteiger partial charge in [-0.15, -0.1) is 0 Å². The Bertz CT molecular complexity index is 526. The Morgan fingerprint density at radius 1 is 1.47 bits per heavy atom. The average Bonchev–Trinajstić information content (AvgIpc) is 2.51. The molecule has 0 aliphatic carbocycles. The minimum absolute atomic E-state index is 0.171. The fourth-order valence-electron chi connectivity index (χ4n) is 2.09. The van der Waals surface area contributed by atoms with E-state index in [4.69, 9.17) is 0 Å². The zero-order valence-electron chi connectivity index (χ0n) is 8.82. The number of nitrogens with zero attached hydrogens (tertiary/aromatic N) is 1. The monoisotopic (exact) mass is 203 g/mol. The van der Waals surface area contributed by atoms with Gasteiger partial charge >= 0.3 is 0 Å². The highest BCUT2D eigenvalue weighted by atomic mass is 16.3. The number of phenols is 1. The lowest BCUT2D eigenvalue weighted by atomic mass is 10.1. The van der Waals surface area contributed by atoms with E-state index in [9.17, 15) is 9.90 Å². The molecule has 1 aromatic heterocycles. The van der Waals surface area contributed by atoms with Crippen LogP contribution in [0.3, 0.4) is 0 Å². The molecular weight excluding hydrogens is 190 g/mol. The largest absolute Gasteiger partial charge is 0.507 e. The molecule has 0 aliphatic heterocycles. The summed E-state index contributed by atoms with van der Waals surface area (Å²) < 4.78 is 2.03. The van der Waals surface area contributed by atoms with Gasteiger partial charge in [-0.05, 0) is 26.0 Å². The smallest absolute Gasteiger partial charge is 0.152 e. The average molecular weight is 203 g/mol. The summed E-state index contributed by atoms with van der Waals surface area (Å²) in [6.07, 6.45) is 0.809. The first-order chi connectivity index (χ1) is 7.20. The third kappa shape index (κ3) is 1.23.